The topological polar surface area (TPSA) is 80.3 Å². The van der Waals surface area contributed by atoms with Gasteiger partial charge < -0.3 is 15.4 Å². The molecule has 0 spiro atoms. The SMILES string of the molecule is C=CCNc1nc(C(=O)OCc2ccc(C(=O)Nc3ccccc3)cc2)cs1. The molecule has 1 heterocycles. The van der Waals surface area contributed by atoms with Crippen molar-refractivity contribution in [2.24, 2.45) is 0 Å². The Hall–Kier alpha value is -3.45. The standard InChI is InChI=1S/C21H19N3O3S/c1-2-12-22-21-24-18(14-28-21)20(26)27-13-15-8-10-16(11-9-15)19(25)23-17-6-4-3-5-7-17/h2-11,14H,1,12-13H2,(H,22,24)(H,23,25). The Morgan fingerprint density at radius 3 is 2.57 bits per heavy atom. The number of carbonyl (C=O) groups is 2. The Morgan fingerprint density at radius 2 is 1.86 bits per heavy atom. The van der Waals surface area contributed by atoms with E-state index in [1.807, 2.05) is 30.3 Å². The molecule has 3 aromatic rings. The molecule has 1 aromatic heterocycles. The number of anilines is 2. The lowest BCUT2D eigenvalue weighted by Crippen LogP contribution is -2.12. The van der Waals surface area contributed by atoms with Crippen molar-refractivity contribution in [3.8, 4) is 0 Å². The van der Waals surface area contributed by atoms with E-state index >= 15 is 0 Å². The molecule has 3 rings (SSSR count). The van der Waals surface area contributed by atoms with Gasteiger partial charge in [-0.05, 0) is 29.8 Å². The lowest BCUT2D eigenvalue weighted by atomic mass is 10.1. The predicted octanol–water partition coefficient (Wildman–Crippen LogP) is 4.35. The first-order chi connectivity index (χ1) is 13.7. The van der Waals surface area contributed by atoms with Crippen LogP contribution in [0.15, 0.2) is 72.6 Å². The van der Waals surface area contributed by atoms with Crippen molar-refractivity contribution in [1.82, 2.24) is 4.98 Å². The minimum atomic E-state index is -0.492. The maximum Gasteiger partial charge on any atom is 0.358 e. The van der Waals surface area contributed by atoms with Crippen LogP contribution in [-0.2, 0) is 11.3 Å². The van der Waals surface area contributed by atoms with E-state index in [1.54, 1.807) is 35.7 Å². The van der Waals surface area contributed by atoms with Crippen molar-refractivity contribution >= 4 is 34.0 Å². The Balaban J connectivity index is 1.52. The van der Waals surface area contributed by atoms with Crippen LogP contribution in [-0.4, -0.2) is 23.4 Å². The smallest absolute Gasteiger partial charge is 0.358 e. The third-order valence-electron chi connectivity index (χ3n) is 3.73. The molecular formula is C21H19N3O3S. The van der Waals surface area contributed by atoms with Gasteiger partial charge >= 0.3 is 5.97 Å². The molecule has 6 nitrogen and oxygen atoms in total. The van der Waals surface area contributed by atoms with Gasteiger partial charge in [0.15, 0.2) is 10.8 Å². The van der Waals surface area contributed by atoms with Crippen molar-refractivity contribution in [2.45, 2.75) is 6.61 Å². The lowest BCUT2D eigenvalue weighted by Gasteiger charge is -2.07. The highest BCUT2D eigenvalue weighted by molar-refractivity contribution is 7.13. The summed E-state index contributed by atoms with van der Waals surface area (Å²) in [7, 11) is 0. The average Bonchev–Trinajstić information content (AvgIpc) is 3.20. The van der Waals surface area contributed by atoms with Crippen LogP contribution in [0.3, 0.4) is 0 Å². The van der Waals surface area contributed by atoms with Gasteiger partial charge in [0.1, 0.15) is 6.61 Å². The van der Waals surface area contributed by atoms with Gasteiger partial charge in [0, 0.05) is 23.2 Å². The van der Waals surface area contributed by atoms with Crippen molar-refractivity contribution in [2.75, 3.05) is 17.2 Å². The minimum absolute atomic E-state index is 0.104. The van der Waals surface area contributed by atoms with E-state index in [1.165, 1.54) is 11.3 Å². The largest absolute Gasteiger partial charge is 0.456 e. The highest BCUT2D eigenvalue weighted by Crippen LogP contribution is 2.17. The van der Waals surface area contributed by atoms with Crippen LogP contribution in [0, 0.1) is 0 Å². The highest BCUT2D eigenvalue weighted by Gasteiger charge is 2.12. The molecule has 0 atom stereocenters. The second-order valence-corrected chi connectivity index (χ2v) is 6.66. The summed E-state index contributed by atoms with van der Waals surface area (Å²) < 4.78 is 5.28. The summed E-state index contributed by atoms with van der Waals surface area (Å²) in [5.74, 6) is -0.689. The fourth-order valence-corrected chi connectivity index (χ4v) is 3.00. The van der Waals surface area contributed by atoms with Gasteiger partial charge in [-0.15, -0.1) is 17.9 Å². The number of amides is 1. The molecule has 0 saturated carbocycles. The zero-order valence-corrected chi connectivity index (χ0v) is 15.9. The minimum Gasteiger partial charge on any atom is -0.456 e. The number of carbonyl (C=O) groups excluding carboxylic acids is 2. The number of nitrogens with one attached hydrogen (secondary N) is 2. The van der Waals surface area contributed by atoms with Gasteiger partial charge in [-0.25, -0.2) is 9.78 Å². The molecule has 7 heteroatoms. The van der Waals surface area contributed by atoms with Crippen LogP contribution < -0.4 is 10.6 Å². The van der Waals surface area contributed by atoms with E-state index in [-0.39, 0.29) is 18.2 Å². The van der Waals surface area contributed by atoms with E-state index < -0.39 is 5.97 Å². The second-order valence-electron chi connectivity index (χ2n) is 5.80. The molecule has 0 aliphatic heterocycles. The van der Waals surface area contributed by atoms with Crippen LogP contribution in [0.25, 0.3) is 0 Å². The van der Waals surface area contributed by atoms with Crippen molar-refractivity contribution < 1.29 is 14.3 Å². The molecule has 0 aliphatic rings. The normalized spacial score (nSPS) is 10.1. The molecule has 2 N–H and O–H groups in total. The maximum atomic E-state index is 12.2. The zero-order valence-electron chi connectivity index (χ0n) is 15.1. The number of ether oxygens (including phenoxy) is 1. The number of hydrogen-bond acceptors (Lipinski definition) is 6. The van der Waals surface area contributed by atoms with Gasteiger partial charge in [0.2, 0.25) is 0 Å². The van der Waals surface area contributed by atoms with E-state index in [0.29, 0.717) is 17.2 Å². The van der Waals surface area contributed by atoms with Gasteiger partial charge in [-0.3, -0.25) is 4.79 Å². The molecular weight excluding hydrogens is 374 g/mol. The highest BCUT2D eigenvalue weighted by atomic mass is 32.1. The molecule has 0 radical (unpaired) electrons. The lowest BCUT2D eigenvalue weighted by molar-refractivity contribution is 0.0466. The number of aromatic nitrogens is 1. The number of para-hydroxylation sites is 1. The Labute approximate surface area is 166 Å². The van der Waals surface area contributed by atoms with Crippen LogP contribution in [0.4, 0.5) is 10.8 Å². The number of rotatable bonds is 8. The summed E-state index contributed by atoms with van der Waals surface area (Å²) in [6.45, 7) is 4.30. The summed E-state index contributed by atoms with van der Waals surface area (Å²) in [6, 6.07) is 16.1. The van der Waals surface area contributed by atoms with Crippen molar-refractivity contribution in [3.63, 3.8) is 0 Å². The second kappa shape index (κ2) is 9.48. The third kappa shape index (κ3) is 5.28. The van der Waals surface area contributed by atoms with Crippen molar-refractivity contribution in [1.29, 1.82) is 0 Å². The van der Waals surface area contributed by atoms with Gasteiger partial charge in [0.25, 0.3) is 5.91 Å². The molecule has 142 valence electrons. The average molecular weight is 393 g/mol. The number of esters is 1. The number of thiazole rings is 1. The fraction of sp³-hybridized carbons (Fsp3) is 0.0952. The fourth-order valence-electron chi connectivity index (χ4n) is 2.31. The first-order valence-electron chi connectivity index (χ1n) is 8.58. The van der Waals surface area contributed by atoms with Crippen LogP contribution in [0.1, 0.15) is 26.4 Å². The molecule has 28 heavy (non-hydrogen) atoms. The Morgan fingerprint density at radius 1 is 1.11 bits per heavy atom. The summed E-state index contributed by atoms with van der Waals surface area (Å²) in [5, 5.41) is 8.13. The van der Waals surface area contributed by atoms with Crippen LogP contribution in [0.2, 0.25) is 0 Å². The van der Waals surface area contributed by atoms with Crippen LogP contribution in [0.5, 0.6) is 0 Å². The molecule has 0 unspecified atom stereocenters. The van der Waals surface area contributed by atoms with Crippen LogP contribution >= 0.6 is 11.3 Å². The van der Waals surface area contributed by atoms with Crippen molar-refractivity contribution in [3.05, 3.63) is 89.5 Å². The summed E-state index contributed by atoms with van der Waals surface area (Å²) in [6.07, 6.45) is 1.71. The van der Waals surface area contributed by atoms with Gasteiger partial charge in [-0.2, -0.15) is 0 Å². The summed E-state index contributed by atoms with van der Waals surface area (Å²) in [4.78, 5) is 28.5. The molecule has 0 saturated heterocycles. The van der Waals surface area contributed by atoms with E-state index in [0.717, 1.165) is 11.3 Å². The monoisotopic (exact) mass is 393 g/mol. The summed E-state index contributed by atoms with van der Waals surface area (Å²) >= 11 is 1.33. The van der Waals surface area contributed by atoms with E-state index in [2.05, 4.69) is 22.2 Å². The maximum absolute atomic E-state index is 12.2. The quantitative estimate of drug-likeness (QED) is 0.439. The molecule has 0 fully saturated rings. The van der Waals surface area contributed by atoms with E-state index in [4.69, 9.17) is 4.74 Å². The Kier molecular flexibility index (Phi) is 6.54. The number of hydrogen-bond donors (Lipinski definition) is 2. The Bertz CT molecular complexity index is 953. The molecule has 0 aliphatic carbocycles. The number of benzene rings is 2. The third-order valence-corrected chi connectivity index (χ3v) is 4.53. The van der Waals surface area contributed by atoms with Gasteiger partial charge in [-0.1, -0.05) is 36.4 Å². The number of nitrogens with zero attached hydrogens (tertiary/aromatic N) is 1. The zero-order chi connectivity index (χ0) is 19.8. The molecule has 1 amide bonds. The first kappa shape index (κ1) is 19.3. The predicted molar refractivity (Wildman–Crippen MR) is 111 cm³/mol. The first-order valence-corrected chi connectivity index (χ1v) is 9.46. The molecule has 2 aromatic carbocycles. The molecule has 0 bridgehead atoms. The van der Waals surface area contributed by atoms with E-state index in [9.17, 15) is 9.59 Å². The summed E-state index contributed by atoms with van der Waals surface area (Å²) in [5.41, 5.74) is 2.30. The van der Waals surface area contributed by atoms with Gasteiger partial charge in [0.05, 0.1) is 0 Å².